The largest absolute Gasteiger partial charge is 0.352 e. The predicted octanol–water partition coefficient (Wildman–Crippen LogP) is 1.86. The van der Waals surface area contributed by atoms with Crippen LogP contribution in [0.25, 0.3) is 0 Å². The molecule has 1 aliphatic heterocycles. The Balaban J connectivity index is 2.05. The van der Waals surface area contributed by atoms with Crippen molar-refractivity contribution in [3.63, 3.8) is 0 Å². The van der Waals surface area contributed by atoms with Crippen LogP contribution in [0.1, 0.15) is 36.5 Å². The minimum Gasteiger partial charge on any atom is -0.352 e. The van der Waals surface area contributed by atoms with Gasteiger partial charge in [-0.3, -0.25) is 4.79 Å². The Bertz CT molecular complexity index is 521. The van der Waals surface area contributed by atoms with Crippen LogP contribution in [-0.2, 0) is 0 Å². The maximum absolute atomic E-state index is 12.7. The number of thioether (sulfide) groups is 1. The Morgan fingerprint density at radius 2 is 2.27 bits per heavy atom. The fraction of sp³-hybridized carbons (Fsp3) is 0.533. The van der Waals surface area contributed by atoms with Crippen molar-refractivity contribution < 1.29 is 9.59 Å². The third kappa shape index (κ3) is 4.37. The van der Waals surface area contributed by atoms with Crippen molar-refractivity contribution in [3.8, 4) is 0 Å². The summed E-state index contributed by atoms with van der Waals surface area (Å²) in [6, 6.07) is 3.14. The quantitative estimate of drug-likeness (QED) is 0.810. The Morgan fingerprint density at radius 1 is 1.45 bits per heavy atom. The molecule has 7 heteroatoms. The molecule has 0 aliphatic carbocycles. The molecule has 1 aromatic rings. The Morgan fingerprint density at radius 3 is 2.91 bits per heavy atom. The van der Waals surface area contributed by atoms with Gasteiger partial charge in [-0.2, -0.15) is 0 Å². The van der Waals surface area contributed by atoms with E-state index in [9.17, 15) is 9.59 Å². The smallest absolute Gasteiger partial charge is 0.312 e. The highest BCUT2D eigenvalue weighted by Gasteiger charge is 2.27. The average molecular weight is 322 g/mol. The van der Waals surface area contributed by atoms with E-state index >= 15 is 0 Å². The standard InChI is InChI=1S/C15H22N4O2S/c1-2-22-13-7-6-11(9-17-13)14(20)19-8-4-3-5-12(19)10-18-15(16)21/h6-7,9,12H,2-5,8,10H2,1H3,(H3,16,18,21)/t12-/m1/s1. The van der Waals surface area contributed by atoms with Gasteiger partial charge in [-0.15, -0.1) is 11.8 Å². The second-order valence-corrected chi connectivity index (χ2v) is 6.50. The minimum atomic E-state index is -0.555. The van der Waals surface area contributed by atoms with Crippen molar-refractivity contribution in [2.75, 3.05) is 18.8 Å². The first-order valence-electron chi connectivity index (χ1n) is 7.55. The molecule has 3 amide bonds. The number of likely N-dealkylation sites (tertiary alicyclic amines) is 1. The highest BCUT2D eigenvalue weighted by atomic mass is 32.2. The molecular weight excluding hydrogens is 300 g/mol. The van der Waals surface area contributed by atoms with Crippen molar-refractivity contribution >= 4 is 23.7 Å². The highest BCUT2D eigenvalue weighted by molar-refractivity contribution is 7.99. The van der Waals surface area contributed by atoms with Crippen molar-refractivity contribution in [1.82, 2.24) is 15.2 Å². The summed E-state index contributed by atoms with van der Waals surface area (Å²) in [4.78, 5) is 29.7. The third-order valence-corrected chi connectivity index (χ3v) is 4.50. The number of piperidine rings is 1. The van der Waals surface area contributed by atoms with Gasteiger partial charge in [-0.1, -0.05) is 6.92 Å². The number of hydrogen-bond donors (Lipinski definition) is 2. The lowest BCUT2D eigenvalue weighted by molar-refractivity contribution is 0.0614. The molecule has 0 bridgehead atoms. The second-order valence-electron chi connectivity index (χ2n) is 5.21. The molecule has 2 rings (SSSR count). The van der Waals surface area contributed by atoms with Crippen LogP contribution in [0, 0.1) is 0 Å². The zero-order valence-corrected chi connectivity index (χ0v) is 13.6. The summed E-state index contributed by atoms with van der Waals surface area (Å²) in [5, 5.41) is 3.52. The summed E-state index contributed by atoms with van der Waals surface area (Å²) in [6.45, 7) is 3.17. The van der Waals surface area contributed by atoms with E-state index in [1.807, 2.05) is 17.0 Å². The zero-order chi connectivity index (χ0) is 15.9. The van der Waals surface area contributed by atoms with Crippen molar-refractivity contribution in [1.29, 1.82) is 0 Å². The van der Waals surface area contributed by atoms with Gasteiger partial charge in [-0.25, -0.2) is 9.78 Å². The lowest BCUT2D eigenvalue weighted by atomic mass is 10.0. The van der Waals surface area contributed by atoms with Gasteiger partial charge in [0.15, 0.2) is 0 Å². The number of nitrogens with one attached hydrogen (secondary N) is 1. The molecule has 1 fully saturated rings. The molecule has 3 N–H and O–H groups in total. The van der Waals surface area contributed by atoms with Gasteiger partial charge in [0, 0.05) is 25.3 Å². The first kappa shape index (κ1) is 16.6. The lowest BCUT2D eigenvalue weighted by Crippen LogP contribution is -2.50. The molecule has 0 spiro atoms. The molecule has 0 aromatic carbocycles. The van der Waals surface area contributed by atoms with Gasteiger partial charge in [0.05, 0.1) is 10.6 Å². The summed E-state index contributed by atoms with van der Waals surface area (Å²) in [7, 11) is 0. The van der Waals surface area contributed by atoms with Crippen LogP contribution in [0.2, 0.25) is 0 Å². The summed E-state index contributed by atoms with van der Waals surface area (Å²) < 4.78 is 0. The summed E-state index contributed by atoms with van der Waals surface area (Å²) >= 11 is 1.65. The predicted molar refractivity (Wildman–Crippen MR) is 86.9 cm³/mol. The maximum atomic E-state index is 12.7. The Kier molecular flexibility index (Phi) is 6.06. The van der Waals surface area contributed by atoms with Crippen LogP contribution in [0.5, 0.6) is 0 Å². The molecule has 0 radical (unpaired) electrons. The molecule has 1 aromatic heterocycles. The van der Waals surface area contributed by atoms with Crippen LogP contribution in [0.4, 0.5) is 4.79 Å². The fourth-order valence-electron chi connectivity index (χ4n) is 2.60. The third-order valence-electron chi connectivity index (χ3n) is 3.68. The molecular formula is C15H22N4O2S. The minimum absolute atomic E-state index is 0.00144. The fourth-order valence-corrected chi connectivity index (χ4v) is 3.19. The van der Waals surface area contributed by atoms with Gasteiger partial charge in [-0.05, 0) is 37.1 Å². The maximum Gasteiger partial charge on any atom is 0.312 e. The normalized spacial score (nSPS) is 18.0. The number of carbonyl (C=O) groups is 2. The highest BCUT2D eigenvalue weighted by Crippen LogP contribution is 2.20. The van der Waals surface area contributed by atoms with E-state index in [0.29, 0.717) is 18.7 Å². The number of hydrogen-bond acceptors (Lipinski definition) is 4. The number of urea groups is 1. The molecule has 6 nitrogen and oxygen atoms in total. The Labute approximate surface area is 134 Å². The van der Waals surface area contributed by atoms with Crippen molar-refractivity contribution in [2.24, 2.45) is 5.73 Å². The van der Waals surface area contributed by atoms with Gasteiger partial charge >= 0.3 is 6.03 Å². The number of carbonyl (C=O) groups excluding carboxylic acids is 2. The molecule has 22 heavy (non-hydrogen) atoms. The van der Waals surface area contributed by atoms with E-state index in [2.05, 4.69) is 17.2 Å². The average Bonchev–Trinajstić information content (AvgIpc) is 2.53. The summed E-state index contributed by atoms with van der Waals surface area (Å²) in [5.41, 5.74) is 5.71. The van der Waals surface area contributed by atoms with Crippen LogP contribution in [0.3, 0.4) is 0 Å². The van der Waals surface area contributed by atoms with E-state index in [4.69, 9.17) is 5.73 Å². The van der Waals surface area contributed by atoms with E-state index in [1.54, 1.807) is 18.0 Å². The summed E-state index contributed by atoms with van der Waals surface area (Å²) in [6.07, 6.45) is 4.55. The number of pyridine rings is 1. The molecule has 2 heterocycles. The SMILES string of the molecule is CCSc1ccc(C(=O)N2CCCC[C@@H]2CNC(N)=O)cn1. The zero-order valence-electron chi connectivity index (χ0n) is 12.7. The van der Waals surface area contributed by atoms with Crippen LogP contribution < -0.4 is 11.1 Å². The van der Waals surface area contributed by atoms with Gasteiger partial charge in [0.2, 0.25) is 0 Å². The van der Waals surface area contributed by atoms with Crippen molar-refractivity contribution in [2.45, 2.75) is 37.3 Å². The topological polar surface area (TPSA) is 88.3 Å². The lowest BCUT2D eigenvalue weighted by Gasteiger charge is -2.35. The van der Waals surface area contributed by atoms with E-state index in [0.717, 1.165) is 30.0 Å². The molecule has 1 aliphatic rings. The first-order valence-corrected chi connectivity index (χ1v) is 8.53. The number of rotatable bonds is 5. The molecule has 0 saturated carbocycles. The monoisotopic (exact) mass is 322 g/mol. The number of nitrogens with zero attached hydrogens (tertiary/aromatic N) is 2. The van der Waals surface area contributed by atoms with Crippen LogP contribution in [0.15, 0.2) is 23.4 Å². The molecule has 0 unspecified atom stereocenters. The first-order chi connectivity index (χ1) is 10.6. The second kappa shape index (κ2) is 8.03. The van der Waals surface area contributed by atoms with Crippen molar-refractivity contribution in [3.05, 3.63) is 23.9 Å². The van der Waals surface area contributed by atoms with Gasteiger partial charge in [0.1, 0.15) is 0 Å². The number of amides is 3. The summed E-state index contributed by atoms with van der Waals surface area (Å²) in [5.74, 6) is 0.921. The number of aromatic nitrogens is 1. The molecule has 1 atom stereocenters. The van der Waals surface area contributed by atoms with E-state index in [-0.39, 0.29) is 11.9 Å². The molecule has 1 saturated heterocycles. The number of nitrogens with two attached hydrogens (primary N) is 1. The van der Waals surface area contributed by atoms with E-state index < -0.39 is 6.03 Å². The van der Waals surface area contributed by atoms with Gasteiger partial charge < -0.3 is 16.0 Å². The number of primary amides is 1. The molecule has 120 valence electrons. The van der Waals surface area contributed by atoms with Crippen LogP contribution in [-0.4, -0.2) is 46.7 Å². The van der Waals surface area contributed by atoms with Crippen LogP contribution >= 0.6 is 11.8 Å². The van der Waals surface area contributed by atoms with E-state index in [1.165, 1.54) is 0 Å². The van der Waals surface area contributed by atoms with Gasteiger partial charge in [0.25, 0.3) is 5.91 Å². The Hall–Kier alpha value is -1.76.